The van der Waals surface area contributed by atoms with Crippen LogP contribution < -0.4 is 5.32 Å². The molecule has 1 N–H and O–H groups in total. The zero-order valence-electron chi connectivity index (χ0n) is 20.6. The van der Waals surface area contributed by atoms with Crippen LogP contribution in [0.3, 0.4) is 0 Å². The Labute approximate surface area is 210 Å². The van der Waals surface area contributed by atoms with Gasteiger partial charge in [-0.15, -0.1) is 0 Å². The van der Waals surface area contributed by atoms with Crippen molar-refractivity contribution in [2.24, 2.45) is 0 Å². The first-order chi connectivity index (χ1) is 17.4. The number of likely N-dealkylation sites (N-methyl/N-ethyl adjacent to an activating group) is 1. The van der Waals surface area contributed by atoms with Gasteiger partial charge in [0.25, 0.3) is 5.91 Å². The third-order valence-corrected chi connectivity index (χ3v) is 6.50. The van der Waals surface area contributed by atoms with E-state index in [0.29, 0.717) is 30.0 Å². The first kappa shape index (κ1) is 24.8. The molecule has 0 aliphatic carbocycles. The molecule has 3 aromatic rings. The minimum Gasteiger partial charge on any atom is -0.336 e. The zero-order valence-corrected chi connectivity index (χ0v) is 20.6. The first-order valence-electron chi connectivity index (χ1n) is 11.9. The Balaban J connectivity index is 1.45. The Hall–Kier alpha value is -4.28. The van der Waals surface area contributed by atoms with Gasteiger partial charge >= 0.3 is 0 Å². The highest BCUT2D eigenvalue weighted by molar-refractivity contribution is 5.94. The molecule has 1 amide bonds. The molecule has 1 aliphatic heterocycles. The lowest BCUT2D eigenvalue weighted by molar-refractivity contribution is 0.0664. The Kier molecular flexibility index (Phi) is 7.57. The van der Waals surface area contributed by atoms with Crippen LogP contribution in [0.2, 0.25) is 0 Å². The van der Waals surface area contributed by atoms with Crippen LogP contribution in [-0.4, -0.2) is 68.7 Å². The van der Waals surface area contributed by atoms with E-state index in [9.17, 15) is 10.1 Å². The molecule has 2 aromatic heterocycles. The van der Waals surface area contributed by atoms with Crippen LogP contribution >= 0.6 is 0 Å². The van der Waals surface area contributed by atoms with Gasteiger partial charge in [-0.3, -0.25) is 9.48 Å². The van der Waals surface area contributed by atoms with Gasteiger partial charge < -0.3 is 15.1 Å². The predicted molar refractivity (Wildman–Crippen MR) is 135 cm³/mol. The van der Waals surface area contributed by atoms with E-state index < -0.39 is 5.54 Å². The van der Waals surface area contributed by atoms with Gasteiger partial charge in [0.2, 0.25) is 5.95 Å². The minimum atomic E-state index is -0.569. The number of benzene rings is 1. The van der Waals surface area contributed by atoms with Gasteiger partial charge in [-0.1, -0.05) is 0 Å². The molecule has 0 spiro atoms. The molecule has 184 valence electrons. The summed E-state index contributed by atoms with van der Waals surface area (Å²) in [5.41, 5.74) is 2.33. The monoisotopic (exact) mass is 483 g/mol. The summed E-state index contributed by atoms with van der Waals surface area (Å²) in [6.07, 6.45) is 6.33. The maximum atomic E-state index is 12.8. The van der Waals surface area contributed by atoms with Gasteiger partial charge in [0, 0.05) is 61.8 Å². The van der Waals surface area contributed by atoms with Crippen molar-refractivity contribution in [3.8, 4) is 23.4 Å². The summed E-state index contributed by atoms with van der Waals surface area (Å²) < 4.78 is 1.74. The molecule has 3 heterocycles. The summed E-state index contributed by atoms with van der Waals surface area (Å²) >= 11 is 0. The van der Waals surface area contributed by atoms with Crippen molar-refractivity contribution in [2.45, 2.75) is 31.7 Å². The fraction of sp³-hybridized carbons (Fsp3) is 0.385. The van der Waals surface area contributed by atoms with Crippen LogP contribution in [0.5, 0.6) is 0 Å². The molecule has 1 aromatic carbocycles. The average molecular weight is 484 g/mol. The minimum absolute atomic E-state index is 0.0445. The maximum absolute atomic E-state index is 12.8. The number of nitrogens with zero attached hydrogens (tertiary/aromatic N) is 8. The first-order valence-corrected chi connectivity index (χ1v) is 11.9. The summed E-state index contributed by atoms with van der Waals surface area (Å²) in [6.45, 7) is 5.17. The number of nitriles is 2. The predicted octanol–water partition coefficient (Wildman–Crippen LogP) is 3.40. The number of hydrogen-bond donors (Lipinski definition) is 1. The summed E-state index contributed by atoms with van der Waals surface area (Å²) in [6, 6.07) is 13.5. The van der Waals surface area contributed by atoms with E-state index in [1.54, 1.807) is 23.1 Å². The Morgan fingerprint density at radius 1 is 1.11 bits per heavy atom. The van der Waals surface area contributed by atoms with E-state index in [1.807, 2.05) is 42.3 Å². The van der Waals surface area contributed by atoms with Gasteiger partial charge in [-0.2, -0.15) is 15.6 Å². The highest BCUT2D eigenvalue weighted by Gasteiger charge is 2.27. The molecule has 0 bridgehead atoms. The molecular weight excluding hydrogens is 454 g/mol. The highest BCUT2D eigenvalue weighted by atomic mass is 16.2. The van der Waals surface area contributed by atoms with Crippen molar-refractivity contribution >= 4 is 17.5 Å². The van der Waals surface area contributed by atoms with Crippen molar-refractivity contribution in [2.75, 3.05) is 38.5 Å². The molecule has 1 fully saturated rings. The second kappa shape index (κ2) is 11.0. The second-order valence-corrected chi connectivity index (χ2v) is 9.23. The third kappa shape index (κ3) is 5.68. The topological polar surface area (TPSA) is 127 Å². The van der Waals surface area contributed by atoms with E-state index in [-0.39, 0.29) is 12.3 Å². The Morgan fingerprint density at radius 3 is 2.56 bits per heavy atom. The standard InChI is InChI=1S/C26H29N9O/c1-26(10-12-28,9-3-11-27)35-19-21(18-30-35)23-8-13-29-25(32-23)31-22-6-4-20(5-7-22)24(36)34-16-14-33(2)15-17-34/h4-8,13,18-19H,3,9-10,14-17H2,1-2H3,(H,29,31,32). The van der Waals surface area contributed by atoms with Crippen LogP contribution in [0.25, 0.3) is 11.3 Å². The van der Waals surface area contributed by atoms with Gasteiger partial charge in [0.1, 0.15) is 0 Å². The Morgan fingerprint density at radius 2 is 1.86 bits per heavy atom. The lowest BCUT2D eigenvalue weighted by Crippen LogP contribution is -2.47. The fourth-order valence-corrected chi connectivity index (χ4v) is 4.13. The lowest BCUT2D eigenvalue weighted by Gasteiger charge is -2.32. The molecule has 4 rings (SSSR count). The summed E-state index contributed by atoms with van der Waals surface area (Å²) in [4.78, 5) is 25.8. The SMILES string of the molecule is CN1CCN(C(=O)c2ccc(Nc3nccc(-c4cnn(C(C)(CC#N)CCC#N)c4)n3)cc2)CC1. The number of aromatic nitrogens is 4. The second-order valence-electron chi connectivity index (χ2n) is 9.23. The van der Waals surface area contributed by atoms with Crippen molar-refractivity contribution < 1.29 is 4.79 Å². The molecule has 10 nitrogen and oxygen atoms in total. The van der Waals surface area contributed by atoms with Crippen LogP contribution in [0.15, 0.2) is 48.9 Å². The number of carbonyl (C=O) groups excluding carboxylic acids is 1. The largest absolute Gasteiger partial charge is 0.336 e. The quantitative estimate of drug-likeness (QED) is 0.516. The van der Waals surface area contributed by atoms with E-state index >= 15 is 0 Å². The lowest BCUT2D eigenvalue weighted by atomic mass is 9.93. The van der Waals surface area contributed by atoms with Crippen LogP contribution in [0, 0.1) is 22.7 Å². The number of carbonyl (C=O) groups is 1. The van der Waals surface area contributed by atoms with Gasteiger partial charge in [-0.05, 0) is 50.7 Å². The number of hydrogen-bond acceptors (Lipinski definition) is 8. The van der Waals surface area contributed by atoms with E-state index in [2.05, 4.69) is 44.5 Å². The van der Waals surface area contributed by atoms with Crippen LogP contribution in [0.4, 0.5) is 11.6 Å². The number of amides is 1. The number of rotatable bonds is 8. The van der Waals surface area contributed by atoms with Crippen molar-refractivity contribution in [1.82, 2.24) is 29.5 Å². The van der Waals surface area contributed by atoms with E-state index in [0.717, 1.165) is 37.4 Å². The molecule has 36 heavy (non-hydrogen) atoms. The average Bonchev–Trinajstić information content (AvgIpc) is 3.40. The van der Waals surface area contributed by atoms with Gasteiger partial charge in [-0.25, -0.2) is 9.97 Å². The van der Waals surface area contributed by atoms with Crippen molar-refractivity contribution in [1.29, 1.82) is 10.5 Å². The molecule has 0 radical (unpaired) electrons. The zero-order chi connectivity index (χ0) is 25.5. The Bertz CT molecular complexity index is 1280. The van der Waals surface area contributed by atoms with Gasteiger partial charge in [0.05, 0.1) is 36.0 Å². The van der Waals surface area contributed by atoms with E-state index in [1.165, 1.54) is 0 Å². The molecule has 1 aliphatic rings. The smallest absolute Gasteiger partial charge is 0.253 e. The van der Waals surface area contributed by atoms with Crippen molar-refractivity contribution in [3.05, 3.63) is 54.5 Å². The van der Waals surface area contributed by atoms with E-state index in [4.69, 9.17) is 5.26 Å². The maximum Gasteiger partial charge on any atom is 0.253 e. The molecule has 1 unspecified atom stereocenters. The molecule has 1 saturated heterocycles. The fourth-order valence-electron chi connectivity index (χ4n) is 4.13. The normalized spacial score (nSPS) is 15.5. The molecular formula is C26H29N9O. The summed E-state index contributed by atoms with van der Waals surface area (Å²) in [5, 5.41) is 25.9. The number of piperazine rings is 1. The van der Waals surface area contributed by atoms with Crippen molar-refractivity contribution in [3.63, 3.8) is 0 Å². The molecule has 10 heteroatoms. The molecule has 1 atom stereocenters. The molecule has 0 saturated carbocycles. The number of anilines is 2. The highest BCUT2D eigenvalue weighted by Crippen LogP contribution is 2.28. The van der Waals surface area contributed by atoms with Gasteiger partial charge in [0.15, 0.2) is 0 Å². The summed E-state index contributed by atoms with van der Waals surface area (Å²) in [7, 11) is 2.06. The summed E-state index contributed by atoms with van der Waals surface area (Å²) in [5.74, 6) is 0.464. The number of nitrogens with one attached hydrogen (secondary N) is 1. The van der Waals surface area contributed by atoms with Crippen LogP contribution in [-0.2, 0) is 5.54 Å². The third-order valence-electron chi connectivity index (χ3n) is 6.50. The van der Waals surface area contributed by atoms with Crippen LogP contribution in [0.1, 0.15) is 36.5 Å².